The number of carbonyl (C=O) groups is 3. The molecular formula is C23H25N3O4. The van der Waals surface area contributed by atoms with Gasteiger partial charge in [0.2, 0.25) is 0 Å². The monoisotopic (exact) mass is 407 g/mol. The number of hydrogen-bond donors (Lipinski definition) is 0. The number of carbonyl (C=O) groups excluding carboxylic acids is 3. The van der Waals surface area contributed by atoms with Crippen LogP contribution in [-0.2, 0) is 16.0 Å². The van der Waals surface area contributed by atoms with Gasteiger partial charge in [0.25, 0.3) is 0 Å². The molecule has 0 radical (unpaired) electrons. The Hall–Kier alpha value is -3.19. The molecule has 2 saturated heterocycles. The van der Waals surface area contributed by atoms with E-state index in [1.165, 1.54) is 12.7 Å². The van der Waals surface area contributed by atoms with Gasteiger partial charge in [-0.05, 0) is 55.0 Å². The normalized spacial score (nSPS) is 18.4. The lowest BCUT2D eigenvalue weighted by molar-refractivity contribution is -0.140. The van der Waals surface area contributed by atoms with Gasteiger partial charge in [0.15, 0.2) is 0 Å². The molecule has 2 aliphatic rings. The van der Waals surface area contributed by atoms with E-state index in [1.807, 2.05) is 6.07 Å². The van der Waals surface area contributed by atoms with Crippen molar-refractivity contribution in [2.24, 2.45) is 5.92 Å². The lowest BCUT2D eigenvalue weighted by atomic mass is 9.90. The van der Waals surface area contributed by atoms with E-state index >= 15 is 0 Å². The van der Waals surface area contributed by atoms with Gasteiger partial charge in [-0.15, -0.1) is 0 Å². The average Bonchev–Trinajstić information content (AvgIpc) is 2.99. The molecule has 0 aliphatic carbocycles. The number of amides is 4. The molecule has 2 aliphatic heterocycles. The molecule has 0 unspecified atom stereocenters. The highest BCUT2D eigenvalue weighted by molar-refractivity contribution is 6.52. The van der Waals surface area contributed by atoms with Crippen molar-refractivity contribution in [3.8, 4) is 5.75 Å². The molecule has 156 valence electrons. The Morgan fingerprint density at radius 1 is 0.900 bits per heavy atom. The van der Waals surface area contributed by atoms with Crippen LogP contribution in [-0.4, -0.2) is 54.5 Å². The second kappa shape index (κ2) is 8.67. The number of hydrogen-bond acceptors (Lipinski definition) is 5. The second-order valence-electron chi connectivity index (χ2n) is 7.75. The SMILES string of the molecule is COc1ccc(N2C(=O)C(=O)N(CN3CCC(Cc4ccccc4)CC3)C2=O)cc1. The van der Waals surface area contributed by atoms with Gasteiger partial charge < -0.3 is 4.74 Å². The summed E-state index contributed by atoms with van der Waals surface area (Å²) in [7, 11) is 1.54. The number of benzene rings is 2. The van der Waals surface area contributed by atoms with Crippen LogP contribution in [0, 0.1) is 5.92 Å². The van der Waals surface area contributed by atoms with Crippen LogP contribution < -0.4 is 9.64 Å². The van der Waals surface area contributed by atoms with Crippen molar-refractivity contribution in [1.82, 2.24) is 9.80 Å². The number of ether oxygens (including phenoxy) is 1. The third-order valence-corrected chi connectivity index (χ3v) is 5.80. The van der Waals surface area contributed by atoms with Crippen molar-refractivity contribution in [2.45, 2.75) is 19.3 Å². The molecule has 0 aromatic heterocycles. The maximum absolute atomic E-state index is 12.8. The quantitative estimate of drug-likeness (QED) is 0.544. The van der Waals surface area contributed by atoms with Crippen LogP contribution in [0.3, 0.4) is 0 Å². The van der Waals surface area contributed by atoms with Gasteiger partial charge >= 0.3 is 17.8 Å². The minimum atomic E-state index is -0.816. The number of anilines is 1. The Labute approximate surface area is 175 Å². The van der Waals surface area contributed by atoms with Crippen LogP contribution in [0.1, 0.15) is 18.4 Å². The predicted octanol–water partition coefficient (Wildman–Crippen LogP) is 2.90. The van der Waals surface area contributed by atoms with E-state index in [0.29, 0.717) is 17.4 Å². The van der Waals surface area contributed by atoms with E-state index in [2.05, 4.69) is 29.2 Å². The molecule has 7 heteroatoms. The summed E-state index contributed by atoms with van der Waals surface area (Å²) >= 11 is 0. The molecule has 30 heavy (non-hydrogen) atoms. The Morgan fingerprint density at radius 2 is 1.57 bits per heavy atom. The summed E-state index contributed by atoms with van der Waals surface area (Å²) in [5.41, 5.74) is 1.70. The number of methoxy groups -OCH3 is 1. The highest BCUT2D eigenvalue weighted by atomic mass is 16.5. The first-order chi connectivity index (χ1) is 14.6. The number of urea groups is 1. The third-order valence-electron chi connectivity index (χ3n) is 5.80. The summed E-state index contributed by atoms with van der Waals surface area (Å²) in [6.45, 7) is 1.74. The molecule has 4 amide bonds. The molecule has 0 saturated carbocycles. The van der Waals surface area contributed by atoms with Crippen LogP contribution in [0.5, 0.6) is 5.75 Å². The zero-order chi connectivity index (χ0) is 21.1. The zero-order valence-electron chi connectivity index (χ0n) is 17.0. The van der Waals surface area contributed by atoms with E-state index in [0.717, 1.165) is 42.2 Å². The number of imide groups is 2. The maximum atomic E-state index is 12.8. The minimum Gasteiger partial charge on any atom is -0.497 e. The van der Waals surface area contributed by atoms with E-state index in [-0.39, 0.29) is 6.67 Å². The molecule has 7 nitrogen and oxygen atoms in total. The first-order valence-electron chi connectivity index (χ1n) is 10.2. The summed E-state index contributed by atoms with van der Waals surface area (Å²) in [5.74, 6) is -0.392. The van der Waals surface area contributed by atoms with Crippen molar-refractivity contribution < 1.29 is 19.1 Å². The largest absolute Gasteiger partial charge is 0.497 e. The van der Waals surface area contributed by atoms with Gasteiger partial charge in [0.05, 0.1) is 19.5 Å². The third kappa shape index (κ3) is 4.07. The average molecular weight is 407 g/mol. The summed E-state index contributed by atoms with van der Waals surface area (Å²) in [6, 6.07) is 16.3. The first-order valence-corrected chi connectivity index (χ1v) is 10.2. The minimum absolute atomic E-state index is 0.147. The molecule has 2 fully saturated rings. The lowest BCUT2D eigenvalue weighted by Gasteiger charge is -2.33. The molecule has 2 aromatic carbocycles. The Bertz CT molecular complexity index is 921. The first kappa shape index (κ1) is 20.1. The van der Waals surface area contributed by atoms with E-state index in [4.69, 9.17) is 4.74 Å². The van der Waals surface area contributed by atoms with Crippen molar-refractivity contribution in [3.63, 3.8) is 0 Å². The van der Waals surface area contributed by atoms with Crippen LogP contribution in [0.4, 0.5) is 10.5 Å². The topological polar surface area (TPSA) is 70.2 Å². The molecular weight excluding hydrogens is 382 g/mol. The second-order valence-corrected chi connectivity index (χ2v) is 7.75. The zero-order valence-corrected chi connectivity index (χ0v) is 17.0. The number of rotatable bonds is 6. The highest BCUT2D eigenvalue weighted by Crippen LogP contribution is 2.26. The summed E-state index contributed by atoms with van der Waals surface area (Å²) in [6.07, 6.45) is 3.04. The van der Waals surface area contributed by atoms with Gasteiger partial charge in [-0.3, -0.25) is 14.5 Å². The van der Waals surface area contributed by atoms with Gasteiger partial charge in [0.1, 0.15) is 5.75 Å². The Balaban J connectivity index is 1.36. The Morgan fingerprint density at radius 3 is 2.20 bits per heavy atom. The predicted molar refractivity (Wildman–Crippen MR) is 112 cm³/mol. The molecule has 0 bridgehead atoms. The van der Waals surface area contributed by atoms with Gasteiger partial charge in [-0.1, -0.05) is 30.3 Å². The van der Waals surface area contributed by atoms with Gasteiger partial charge in [-0.2, -0.15) is 0 Å². The summed E-state index contributed by atoms with van der Waals surface area (Å²) in [4.78, 5) is 41.8. The standard InChI is InChI=1S/C23H25N3O4/c1-30-20-9-7-19(8-10-20)26-22(28)21(27)25(23(26)29)16-24-13-11-18(12-14-24)15-17-5-3-2-4-6-17/h2-10,18H,11-16H2,1H3. The fourth-order valence-electron chi connectivity index (χ4n) is 4.07. The van der Waals surface area contributed by atoms with Crippen molar-refractivity contribution in [3.05, 3.63) is 60.2 Å². The van der Waals surface area contributed by atoms with Gasteiger partial charge in [-0.25, -0.2) is 14.6 Å². The van der Waals surface area contributed by atoms with Gasteiger partial charge in [0, 0.05) is 13.1 Å². The number of likely N-dealkylation sites (tertiary alicyclic amines) is 1. The number of piperidine rings is 1. The summed E-state index contributed by atoms with van der Waals surface area (Å²) < 4.78 is 5.10. The highest BCUT2D eigenvalue weighted by Gasteiger charge is 2.46. The Kier molecular flexibility index (Phi) is 5.81. The molecule has 0 atom stereocenters. The molecule has 4 rings (SSSR count). The fourth-order valence-corrected chi connectivity index (χ4v) is 4.07. The smallest absolute Gasteiger partial charge is 0.340 e. The van der Waals surface area contributed by atoms with Crippen molar-refractivity contribution in [2.75, 3.05) is 31.8 Å². The number of nitrogens with zero attached hydrogens (tertiary/aromatic N) is 3. The van der Waals surface area contributed by atoms with Crippen LogP contribution in [0.15, 0.2) is 54.6 Å². The fraction of sp³-hybridized carbons (Fsp3) is 0.348. The van der Waals surface area contributed by atoms with Crippen LogP contribution in [0.25, 0.3) is 0 Å². The lowest BCUT2D eigenvalue weighted by Crippen LogP contribution is -2.45. The van der Waals surface area contributed by atoms with E-state index < -0.39 is 17.8 Å². The molecule has 0 spiro atoms. The van der Waals surface area contributed by atoms with E-state index in [1.54, 1.807) is 24.3 Å². The maximum Gasteiger partial charge on any atom is 0.340 e. The van der Waals surface area contributed by atoms with Crippen LogP contribution in [0.2, 0.25) is 0 Å². The molecule has 0 N–H and O–H groups in total. The van der Waals surface area contributed by atoms with Crippen LogP contribution >= 0.6 is 0 Å². The van der Waals surface area contributed by atoms with Crippen molar-refractivity contribution in [1.29, 1.82) is 0 Å². The molecule has 2 aromatic rings. The molecule has 2 heterocycles. The van der Waals surface area contributed by atoms with Crippen molar-refractivity contribution >= 4 is 23.5 Å². The summed E-state index contributed by atoms with van der Waals surface area (Å²) in [5, 5.41) is 0. The van der Waals surface area contributed by atoms with E-state index in [9.17, 15) is 14.4 Å².